The number of anilines is 1. The van der Waals surface area contributed by atoms with Gasteiger partial charge in [-0.1, -0.05) is 0 Å². The van der Waals surface area contributed by atoms with Gasteiger partial charge in [-0.05, 0) is 49.9 Å². The van der Waals surface area contributed by atoms with Crippen molar-refractivity contribution in [2.45, 2.75) is 31.3 Å². The summed E-state index contributed by atoms with van der Waals surface area (Å²) >= 11 is 1.04. The molecule has 2 N–H and O–H groups in total. The maximum absolute atomic E-state index is 12.9. The van der Waals surface area contributed by atoms with Gasteiger partial charge in [0, 0.05) is 17.1 Å². The van der Waals surface area contributed by atoms with E-state index in [1.165, 1.54) is 12.1 Å². The van der Waals surface area contributed by atoms with Crippen LogP contribution in [0.2, 0.25) is 0 Å². The molecular weight excluding hydrogens is 293 g/mol. The smallest absolute Gasteiger partial charge is 0.258 e. The molecule has 0 unspecified atom stereocenters. The summed E-state index contributed by atoms with van der Waals surface area (Å²) in [6, 6.07) is 5.81. The van der Waals surface area contributed by atoms with Gasteiger partial charge in [-0.2, -0.15) is 9.36 Å². The molecule has 0 spiro atoms. The normalized spacial score (nSPS) is 16.9. The zero-order valence-corrected chi connectivity index (χ0v) is 12.0. The molecule has 7 heteroatoms. The van der Waals surface area contributed by atoms with Crippen LogP contribution < -0.4 is 5.32 Å². The van der Waals surface area contributed by atoms with E-state index in [0.29, 0.717) is 29.4 Å². The second-order valence-electron chi connectivity index (χ2n) is 5.12. The lowest BCUT2D eigenvalue weighted by molar-refractivity contribution is -0.133. The fourth-order valence-corrected chi connectivity index (χ4v) is 2.98. The standard InChI is InChI=1S/C14H14FN3O2S/c15-10-5-3-9(4-6-10)11-16-13(21-18-11)17-12(19)14(20)7-1-2-8-14/h3-6,20H,1-2,7-8H2,(H,16,17,18,19). The number of carbonyl (C=O) groups is 1. The van der Waals surface area contributed by atoms with Crippen molar-refractivity contribution in [3.63, 3.8) is 0 Å². The number of amides is 1. The van der Waals surface area contributed by atoms with Gasteiger partial charge < -0.3 is 5.11 Å². The van der Waals surface area contributed by atoms with Crippen LogP contribution >= 0.6 is 11.5 Å². The summed E-state index contributed by atoms with van der Waals surface area (Å²) in [6.07, 6.45) is 2.65. The second-order valence-corrected chi connectivity index (χ2v) is 5.87. The van der Waals surface area contributed by atoms with Gasteiger partial charge in [0.15, 0.2) is 5.82 Å². The second kappa shape index (κ2) is 5.50. The minimum absolute atomic E-state index is 0.328. The molecule has 3 rings (SSSR count). The molecule has 0 atom stereocenters. The Morgan fingerprint density at radius 3 is 2.62 bits per heavy atom. The zero-order valence-electron chi connectivity index (χ0n) is 11.2. The van der Waals surface area contributed by atoms with Gasteiger partial charge in [-0.25, -0.2) is 4.39 Å². The van der Waals surface area contributed by atoms with Crippen LogP contribution in [-0.2, 0) is 4.79 Å². The van der Waals surface area contributed by atoms with Crippen molar-refractivity contribution in [3.8, 4) is 11.4 Å². The average Bonchev–Trinajstić information content (AvgIpc) is 3.10. The van der Waals surface area contributed by atoms with E-state index < -0.39 is 11.5 Å². The first-order valence-corrected chi connectivity index (χ1v) is 7.48. The van der Waals surface area contributed by atoms with Gasteiger partial charge in [0.05, 0.1) is 0 Å². The molecular formula is C14H14FN3O2S. The highest BCUT2D eigenvalue weighted by Crippen LogP contribution is 2.31. The van der Waals surface area contributed by atoms with Gasteiger partial charge >= 0.3 is 0 Å². The highest BCUT2D eigenvalue weighted by molar-refractivity contribution is 7.10. The number of aromatic nitrogens is 2. The first kappa shape index (κ1) is 14.1. The summed E-state index contributed by atoms with van der Waals surface area (Å²) in [5, 5.41) is 13.1. The van der Waals surface area contributed by atoms with E-state index in [4.69, 9.17) is 0 Å². The first-order chi connectivity index (χ1) is 10.1. The molecule has 1 saturated carbocycles. The molecule has 1 fully saturated rings. The number of benzene rings is 1. The number of halogens is 1. The van der Waals surface area contributed by atoms with Crippen molar-refractivity contribution in [3.05, 3.63) is 30.1 Å². The van der Waals surface area contributed by atoms with E-state index in [2.05, 4.69) is 14.7 Å². The number of carbonyl (C=O) groups excluding carboxylic acids is 1. The van der Waals surface area contributed by atoms with Gasteiger partial charge in [0.1, 0.15) is 11.4 Å². The number of hydrogen-bond acceptors (Lipinski definition) is 5. The van der Waals surface area contributed by atoms with E-state index in [9.17, 15) is 14.3 Å². The van der Waals surface area contributed by atoms with E-state index in [1.54, 1.807) is 12.1 Å². The monoisotopic (exact) mass is 307 g/mol. The highest BCUT2D eigenvalue weighted by atomic mass is 32.1. The van der Waals surface area contributed by atoms with Crippen molar-refractivity contribution >= 4 is 22.6 Å². The summed E-state index contributed by atoms with van der Waals surface area (Å²) in [5.74, 6) is -0.332. The van der Waals surface area contributed by atoms with Crippen molar-refractivity contribution in [1.29, 1.82) is 0 Å². The number of rotatable bonds is 3. The molecule has 0 bridgehead atoms. The van der Waals surface area contributed by atoms with Crippen LogP contribution in [0.4, 0.5) is 9.52 Å². The third-order valence-electron chi connectivity index (χ3n) is 3.60. The van der Waals surface area contributed by atoms with Gasteiger partial charge in [0.25, 0.3) is 5.91 Å². The van der Waals surface area contributed by atoms with E-state index in [1.807, 2.05) is 0 Å². The molecule has 1 aromatic carbocycles. The van der Waals surface area contributed by atoms with Crippen LogP contribution in [0.5, 0.6) is 0 Å². The van der Waals surface area contributed by atoms with Crippen molar-refractivity contribution in [2.24, 2.45) is 0 Å². The minimum Gasteiger partial charge on any atom is -0.380 e. The summed E-state index contributed by atoms with van der Waals surface area (Å²) < 4.78 is 17.0. The van der Waals surface area contributed by atoms with Crippen LogP contribution in [0.15, 0.2) is 24.3 Å². The first-order valence-electron chi connectivity index (χ1n) is 6.70. The topological polar surface area (TPSA) is 75.1 Å². The molecule has 2 aromatic rings. The molecule has 0 aliphatic heterocycles. The minimum atomic E-state index is -1.29. The number of nitrogens with zero attached hydrogens (tertiary/aromatic N) is 2. The molecule has 21 heavy (non-hydrogen) atoms. The summed E-state index contributed by atoms with van der Waals surface area (Å²) in [5.41, 5.74) is -0.616. The van der Waals surface area contributed by atoms with Crippen LogP contribution in [0, 0.1) is 5.82 Å². The number of nitrogens with one attached hydrogen (secondary N) is 1. The fourth-order valence-electron chi connectivity index (χ4n) is 2.39. The Labute approximate surface area is 125 Å². The van der Waals surface area contributed by atoms with Crippen LogP contribution in [0.3, 0.4) is 0 Å². The maximum atomic E-state index is 12.9. The zero-order chi connectivity index (χ0) is 14.9. The van der Waals surface area contributed by atoms with E-state index >= 15 is 0 Å². The summed E-state index contributed by atoms with van der Waals surface area (Å²) in [4.78, 5) is 16.2. The molecule has 1 aliphatic carbocycles. The third-order valence-corrected chi connectivity index (χ3v) is 4.23. The van der Waals surface area contributed by atoms with Gasteiger partial charge in [-0.15, -0.1) is 0 Å². The highest BCUT2D eigenvalue weighted by Gasteiger charge is 2.39. The molecule has 1 heterocycles. The average molecular weight is 307 g/mol. The SMILES string of the molecule is O=C(Nc1nc(-c2ccc(F)cc2)ns1)C1(O)CCCC1. The van der Waals surface area contributed by atoms with Crippen molar-refractivity contribution < 1.29 is 14.3 Å². The molecule has 110 valence electrons. The third kappa shape index (κ3) is 2.93. The predicted octanol–water partition coefficient (Wildman–Crippen LogP) is 2.59. The Hall–Kier alpha value is -1.86. The molecule has 1 aliphatic rings. The Balaban J connectivity index is 1.73. The van der Waals surface area contributed by atoms with E-state index in [0.717, 1.165) is 24.4 Å². The largest absolute Gasteiger partial charge is 0.380 e. The predicted molar refractivity (Wildman–Crippen MR) is 77.4 cm³/mol. The van der Waals surface area contributed by atoms with Crippen LogP contribution in [-0.4, -0.2) is 26.0 Å². The Morgan fingerprint density at radius 1 is 1.29 bits per heavy atom. The summed E-state index contributed by atoms with van der Waals surface area (Å²) in [6.45, 7) is 0. The maximum Gasteiger partial charge on any atom is 0.258 e. The lowest BCUT2D eigenvalue weighted by atomic mass is 10.0. The fraction of sp³-hybridized carbons (Fsp3) is 0.357. The number of aliphatic hydroxyl groups is 1. The quantitative estimate of drug-likeness (QED) is 0.914. The van der Waals surface area contributed by atoms with Crippen LogP contribution in [0.1, 0.15) is 25.7 Å². The van der Waals surface area contributed by atoms with Crippen LogP contribution in [0.25, 0.3) is 11.4 Å². The Morgan fingerprint density at radius 2 is 1.95 bits per heavy atom. The molecule has 1 amide bonds. The molecule has 0 radical (unpaired) electrons. The lowest BCUT2D eigenvalue weighted by Crippen LogP contribution is -2.40. The summed E-state index contributed by atoms with van der Waals surface area (Å²) in [7, 11) is 0. The van der Waals surface area contributed by atoms with Crippen molar-refractivity contribution in [1.82, 2.24) is 9.36 Å². The molecule has 0 saturated heterocycles. The lowest BCUT2D eigenvalue weighted by Gasteiger charge is -2.19. The molecule has 5 nitrogen and oxygen atoms in total. The van der Waals surface area contributed by atoms with E-state index in [-0.39, 0.29) is 5.82 Å². The Bertz CT molecular complexity index is 650. The van der Waals surface area contributed by atoms with Gasteiger partial charge in [-0.3, -0.25) is 10.1 Å². The van der Waals surface area contributed by atoms with Crippen molar-refractivity contribution in [2.75, 3.05) is 5.32 Å². The molecule has 1 aromatic heterocycles. The number of hydrogen-bond donors (Lipinski definition) is 2. The Kier molecular flexibility index (Phi) is 3.69. The van der Waals surface area contributed by atoms with Gasteiger partial charge in [0.2, 0.25) is 5.13 Å².